The summed E-state index contributed by atoms with van der Waals surface area (Å²) >= 11 is 0. The fourth-order valence-corrected chi connectivity index (χ4v) is 8.83. The predicted octanol–water partition coefficient (Wildman–Crippen LogP) is 12.6. The first-order chi connectivity index (χ1) is 29.0. The fraction of sp³-hybridized carbons (Fsp3) is 0. The van der Waals surface area contributed by atoms with E-state index in [1.165, 1.54) is 0 Å². The highest BCUT2D eigenvalue weighted by Crippen LogP contribution is 2.45. The van der Waals surface area contributed by atoms with Gasteiger partial charge in [0, 0.05) is 32.3 Å². The average Bonchev–Trinajstić information content (AvgIpc) is 3.96. The lowest BCUT2D eigenvalue weighted by Gasteiger charge is -2.16. The molecule has 7 nitrogen and oxygen atoms in total. The Kier molecular flexibility index (Phi) is 7.28. The highest BCUT2D eigenvalue weighted by molar-refractivity contribution is 6.18. The zero-order valence-corrected chi connectivity index (χ0v) is 31.1. The Morgan fingerprint density at radius 2 is 0.864 bits per heavy atom. The van der Waals surface area contributed by atoms with Gasteiger partial charge in [-0.3, -0.25) is 0 Å². The minimum Gasteiger partial charge on any atom is -0.454 e. The summed E-state index contributed by atoms with van der Waals surface area (Å²) in [7, 11) is 0. The minimum absolute atomic E-state index is 0.393. The molecular formula is C52H26N6O. The van der Waals surface area contributed by atoms with Crippen LogP contribution in [0.1, 0.15) is 22.3 Å². The number of aromatic nitrogens is 2. The Labute approximate surface area is 336 Å². The zero-order chi connectivity index (χ0) is 39.8. The Balaban J connectivity index is 1.36. The van der Waals surface area contributed by atoms with Crippen molar-refractivity contribution in [3.63, 3.8) is 0 Å². The molecule has 0 aliphatic heterocycles. The van der Waals surface area contributed by atoms with Crippen LogP contribution in [0.2, 0.25) is 0 Å². The summed E-state index contributed by atoms with van der Waals surface area (Å²) in [5.74, 6) is 0. The van der Waals surface area contributed by atoms with Crippen molar-refractivity contribution in [2.45, 2.75) is 0 Å². The van der Waals surface area contributed by atoms with Crippen molar-refractivity contribution < 1.29 is 4.42 Å². The van der Waals surface area contributed by atoms with Crippen molar-refractivity contribution in [3.05, 3.63) is 180 Å². The first-order valence-electron chi connectivity index (χ1n) is 19.0. The lowest BCUT2D eigenvalue weighted by molar-refractivity contribution is 0.666. The fourth-order valence-electron chi connectivity index (χ4n) is 8.83. The third-order valence-electron chi connectivity index (χ3n) is 11.3. The summed E-state index contributed by atoms with van der Waals surface area (Å²) in [5.41, 5.74) is 11.9. The topological polar surface area (TPSA) is 118 Å². The number of hydrogen-bond acceptors (Lipinski definition) is 5. The van der Waals surface area contributed by atoms with Gasteiger partial charge in [-0.2, -0.15) is 21.0 Å². The van der Waals surface area contributed by atoms with E-state index < -0.39 is 0 Å². The van der Waals surface area contributed by atoms with Crippen LogP contribution < -0.4 is 0 Å². The van der Waals surface area contributed by atoms with E-state index in [0.29, 0.717) is 22.3 Å². The second-order valence-electron chi connectivity index (χ2n) is 14.6. The molecule has 0 spiro atoms. The van der Waals surface area contributed by atoms with Crippen molar-refractivity contribution in [1.82, 2.24) is 9.13 Å². The van der Waals surface area contributed by atoms with Crippen molar-refractivity contribution in [2.24, 2.45) is 0 Å². The molecule has 0 saturated heterocycles. The van der Waals surface area contributed by atoms with Crippen molar-refractivity contribution in [2.75, 3.05) is 0 Å². The van der Waals surface area contributed by atoms with E-state index in [2.05, 4.69) is 130 Å². The largest absolute Gasteiger partial charge is 0.454 e. The van der Waals surface area contributed by atoms with Gasteiger partial charge in [-0.15, -0.1) is 0 Å². The van der Waals surface area contributed by atoms with Crippen LogP contribution in [-0.4, -0.2) is 9.13 Å². The Bertz CT molecular complexity index is 3680. The second-order valence-corrected chi connectivity index (χ2v) is 14.6. The number of rotatable bonds is 4. The molecule has 3 heterocycles. The normalized spacial score (nSPS) is 11.3. The molecule has 0 N–H and O–H groups in total. The molecule has 0 aliphatic carbocycles. The van der Waals surface area contributed by atoms with Crippen LogP contribution in [0.4, 0.5) is 0 Å². The number of furan rings is 1. The van der Waals surface area contributed by atoms with Crippen LogP contribution in [0, 0.1) is 45.3 Å². The molecule has 8 aromatic carbocycles. The van der Waals surface area contributed by atoms with Crippen LogP contribution >= 0.6 is 0 Å². The molecule has 0 radical (unpaired) electrons. The molecule has 0 bridgehead atoms. The van der Waals surface area contributed by atoms with Gasteiger partial charge >= 0.3 is 0 Å². The molecule has 0 amide bonds. The summed E-state index contributed by atoms with van der Waals surface area (Å²) in [4.78, 5) is 0. The maximum Gasteiger partial charge on any atom is 0.159 e. The van der Waals surface area contributed by atoms with E-state index in [4.69, 9.17) is 4.42 Å². The van der Waals surface area contributed by atoms with Crippen LogP contribution in [-0.2, 0) is 0 Å². The summed E-state index contributed by atoms with van der Waals surface area (Å²) in [5, 5.41) is 45.9. The number of nitriles is 4. The molecule has 11 rings (SSSR count). The summed E-state index contributed by atoms with van der Waals surface area (Å²) in [6, 6.07) is 61.0. The van der Waals surface area contributed by atoms with Gasteiger partial charge in [-0.25, -0.2) is 0 Å². The van der Waals surface area contributed by atoms with Gasteiger partial charge in [0.05, 0.1) is 80.0 Å². The molecule has 0 atom stereocenters. The molecule has 270 valence electrons. The smallest absolute Gasteiger partial charge is 0.159 e. The summed E-state index contributed by atoms with van der Waals surface area (Å²) in [6.45, 7) is 0. The highest BCUT2D eigenvalue weighted by atomic mass is 16.3. The lowest BCUT2D eigenvalue weighted by atomic mass is 9.96. The molecular weight excluding hydrogens is 725 g/mol. The van der Waals surface area contributed by atoms with Crippen molar-refractivity contribution in [1.29, 1.82) is 21.0 Å². The molecule has 0 saturated carbocycles. The first kappa shape index (κ1) is 33.5. The Morgan fingerprint density at radius 1 is 0.356 bits per heavy atom. The van der Waals surface area contributed by atoms with Crippen LogP contribution in [0.25, 0.3) is 99.2 Å². The SMILES string of the molecule is N#Cc1cc(C#N)cc(-c2ccc3c(c2)c2cc(-c4cc(C#N)cc(C#N)c4)cc(-n4c5ccccc5c5ccccc54)c2n3-c2cccc3c2oc2ccccc23)c1. The van der Waals surface area contributed by atoms with Gasteiger partial charge in [-0.05, 0) is 107 Å². The minimum atomic E-state index is 0.393. The number of nitrogens with zero attached hydrogens (tertiary/aromatic N) is 6. The van der Waals surface area contributed by atoms with E-state index in [9.17, 15) is 21.0 Å². The number of benzene rings is 8. The summed E-state index contributed by atoms with van der Waals surface area (Å²) < 4.78 is 11.3. The van der Waals surface area contributed by atoms with E-state index in [1.54, 1.807) is 12.1 Å². The van der Waals surface area contributed by atoms with Gasteiger partial charge < -0.3 is 13.6 Å². The van der Waals surface area contributed by atoms with Crippen molar-refractivity contribution >= 4 is 65.6 Å². The third kappa shape index (κ3) is 5.04. The maximum atomic E-state index is 10.0. The monoisotopic (exact) mass is 750 g/mol. The zero-order valence-electron chi connectivity index (χ0n) is 31.1. The molecule has 0 aliphatic rings. The third-order valence-corrected chi connectivity index (χ3v) is 11.3. The van der Waals surface area contributed by atoms with Gasteiger partial charge in [0.25, 0.3) is 0 Å². The number of hydrogen-bond donors (Lipinski definition) is 0. The van der Waals surface area contributed by atoms with Gasteiger partial charge in [0.1, 0.15) is 5.58 Å². The van der Waals surface area contributed by atoms with Crippen LogP contribution in [0.15, 0.2) is 162 Å². The van der Waals surface area contributed by atoms with E-state index in [-0.39, 0.29) is 0 Å². The highest BCUT2D eigenvalue weighted by Gasteiger charge is 2.24. The van der Waals surface area contributed by atoms with E-state index >= 15 is 0 Å². The van der Waals surface area contributed by atoms with E-state index in [0.717, 1.165) is 99.2 Å². The molecule has 3 aromatic heterocycles. The van der Waals surface area contributed by atoms with Gasteiger partial charge in [0.15, 0.2) is 5.58 Å². The summed E-state index contributed by atoms with van der Waals surface area (Å²) in [6.07, 6.45) is 0. The average molecular weight is 751 g/mol. The van der Waals surface area contributed by atoms with E-state index in [1.807, 2.05) is 48.5 Å². The number of para-hydroxylation sites is 4. The van der Waals surface area contributed by atoms with Gasteiger partial charge in [-0.1, -0.05) is 72.8 Å². The molecule has 11 aromatic rings. The van der Waals surface area contributed by atoms with Crippen LogP contribution in [0.3, 0.4) is 0 Å². The lowest BCUT2D eigenvalue weighted by Crippen LogP contribution is -2.02. The maximum absolute atomic E-state index is 10.0. The molecule has 7 heteroatoms. The van der Waals surface area contributed by atoms with Gasteiger partial charge in [0.2, 0.25) is 0 Å². The second kappa shape index (κ2) is 12.8. The molecule has 0 fully saturated rings. The quantitative estimate of drug-likeness (QED) is 0.177. The van der Waals surface area contributed by atoms with Crippen LogP contribution in [0.5, 0.6) is 0 Å². The molecule has 59 heavy (non-hydrogen) atoms. The standard InChI is InChI=1S/C52H26N6O/c53-27-31-18-32(28-54)21-36(20-31)35-16-17-47-43(24-35)44-25-38(37-22-33(29-55)19-34(23-37)30-56)26-49(57-45-12-4-1-8-39(45)40-9-2-5-13-46(40)57)51(44)58(47)48-14-7-11-42-41-10-3-6-15-50(41)59-52(42)48/h1-26H. The predicted molar refractivity (Wildman–Crippen MR) is 232 cm³/mol. The Morgan fingerprint density at radius 3 is 1.49 bits per heavy atom. The number of fused-ring (bicyclic) bond motifs is 9. The first-order valence-corrected chi connectivity index (χ1v) is 19.0. The Hall–Kier alpha value is -8.88. The molecule has 0 unspecified atom stereocenters. The van der Waals surface area contributed by atoms with Crippen molar-refractivity contribution in [3.8, 4) is 57.9 Å².